The fraction of sp³-hybridized carbons (Fsp3) is 0.297. The Labute approximate surface area is 244 Å². The van der Waals surface area contributed by atoms with E-state index in [1.54, 1.807) is 0 Å². The van der Waals surface area contributed by atoms with Crippen LogP contribution in [0.3, 0.4) is 0 Å². The van der Waals surface area contributed by atoms with Gasteiger partial charge in [-0.15, -0.1) is 0 Å². The molecule has 4 nitrogen and oxygen atoms in total. The lowest BCUT2D eigenvalue weighted by atomic mass is 10.1. The summed E-state index contributed by atoms with van der Waals surface area (Å²) in [6, 6.07) is 36.2. The normalized spacial score (nSPS) is 14.2. The molecule has 0 spiro atoms. The molecule has 0 aliphatic carbocycles. The Morgan fingerprint density at radius 1 is 0.634 bits per heavy atom. The van der Waals surface area contributed by atoms with Crippen LogP contribution in [-0.2, 0) is 13.2 Å². The average Bonchev–Trinajstić information content (AvgIpc) is 3.15. The average molecular weight is 545 g/mol. The fourth-order valence-corrected chi connectivity index (χ4v) is 5.99. The molecule has 0 atom stereocenters. The van der Waals surface area contributed by atoms with Gasteiger partial charge < -0.3 is 14.0 Å². The number of likely N-dealkylation sites (tertiary alicyclic amines) is 1. The topological polar surface area (TPSA) is 26.6 Å². The molecule has 41 heavy (non-hydrogen) atoms. The van der Waals surface area contributed by atoms with Crippen LogP contribution in [0.1, 0.15) is 42.4 Å². The van der Waals surface area contributed by atoms with Crippen molar-refractivity contribution in [2.75, 3.05) is 26.2 Å². The molecular weight excluding hydrogens is 504 g/mol. The van der Waals surface area contributed by atoms with Gasteiger partial charge in [-0.3, -0.25) is 4.90 Å². The van der Waals surface area contributed by atoms with Crippen LogP contribution in [0.5, 0.6) is 11.5 Å². The molecule has 4 heteroatoms. The molecule has 1 aliphatic rings. The molecule has 0 bridgehead atoms. The smallest absolute Gasteiger partial charge is 0.119 e. The third-order valence-corrected chi connectivity index (χ3v) is 8.24. The highest BCUT2D eigenvalue weighted by Crippen LogP contribution is 2.35. The molecular formula is C37H40N2O2. The first-order chi connectivity index (χ1) is 20.2. The number of rotatable bonds is 10. The second-order valence-electron chi connectivity index (χ2n) is 11.1. The maximum Gasteiger partial charge on any atom is 0.119 e. The predicted molar refractivity (Wildman–Crippen MR) is 169 cm³/mol. The maximum absolute atomic E-state index is 6.12. The van der Waals surface area contributed by atoms with Crippen molar-refractivity contribution in [1.82, 2.24) is 9.47 Å². The predicted octanol–water partition coefficient (Wildman–Crippen LogP) is 8.50. The number of hydrogen-bond acceptors (Lipinski definition) is 3. The Morgan fingerprint density at radius 2 is 1.29 bits per heavy atom. The van der Waals surface area contributed by atoms with E-state index < -0.39 is 0 Å². The van der Waals surface area contributed by atoms with Crippen LogP contribution in [0.25, 0.3) is 22.2 Å². The van der Waals surface area contributed by atoms with E-state index in [0.717, 1.165) is 31.2 Å². The first-order valence-corrected chi connectivity index (χ1v) is 15.0. The van der Waals surface area contributed by atoms with Crippen LogP contribution in [0, 0.1) is 6.92 Å². The van der Waals surface area contributed by atoms with Gasteiger partial charge in [0.25, 0.3) is 0 Å². The van der Waals surface area contributed by atoms with Gasteiger partial charge in [0.05, 0.1) is 5.69 Å². The summed E-state index contributed by atoms with van der Waals surface area (Å²) in [4.78, 5) is 2.55. The van der Waals surface area contributed by atoms with E-state index in [0.29, 0.717) is 6.61 Å². The third-order valence-electron chi connectivity index (χ3n) is 8.24. The first kappa shape index (κ1) is 27.2. The summed E-state index contributed by atoms with van der Waals surface area (Å²) in [5.74, 6) is 1.83. The molecule has 2 heterocycles. The molecule has 6 rings (SSSR count). The number of hydrogen-bond donors (Lipinski definition) is 0. The van der Waals surface area contributed by atoms with Crippen molar-refractivity contribution in [2.24, 2.45) is 0 Å². The molecule has 1 aromatic heterocycles. The van der Waals surface area contributed by atoms with Gasteiger partial charge >= 0.3 is 0 Å². The minimum Gasteiger partial charge on any atom is -0.492 e. The Balaban J connectivity index is 1.17. The number of benzene rings is 4. The van der Waals surface area contributed by atoms with Gasteiger partial charge in [0, 0.05) is 24.0 Å². The van der Waals surface area contributed by atoms with Gasteiger partial charge in [0.1, 0.15) is 24.7 Å². The maximum atomic E-state index is 6.12. The van der Waals surface area contributed by atoms with Gasteiger partial charge in [-0.25, -0.2) is 0 Å². The standard InChI is InChI=1S/C37H40N2O2/c1-29-35-13-7-8-14-36(35)39(37(29)32-17-21-34(22-18-32)41-28-31-11-5-4-6-12-31)27-30-15-19-33(20-16-30)40-26-25-38-23-9-2-3-10-24-38/h4-8,11-22H,2-3,9-10,23-28H2,1H3. The molecule has 4 aromatic carbocycles. The zero-order valence-corrected chi connectivity index (χ0v) is 24.1. The molecule has 1 saturated heterocycles. The summed E-state index contributed by atoms with van der Waals surface area (Å²) in [7, 11) is 0. The number of nitrogens with zero attached hydrogens (tertiary/aromatic N) is 2. The van der Waals surface area contributed by atoms with Crippen molar-refractivity contribution < 1.29 is 9.47 Å². The lowest BCUT2D eigenvalue weighted by Crippen LogP contribution is -2.29. The lowest BCUT2D eigenvalue weighted by Gasteiger charge is -2.19. The van der Waals surface area contributed by atoms with E-state index in [1.807, 2.05) is 18.2 Å². The molecule has 5 aromatic rings. The van der Waals surface area contributed by atoms with E-state index in [4.69, 9.17) is 9.47 Å². The van der Waals surface area contributed by atoms with E-state index in [9.17, 15) is 0 Å². The Hall–Kier alpha value is -4.02. The van der Waals surface area contributed by atoms with Gasteiger partial charge in [-0.05, 0) is 97.6 Å². The van der Waals surface area contributed by atoms with E-state index in [2.05, 4.69) is 101 Å². The Kier molecular flexibility index (Phi) is 8.68. The summed E-state index contributed by atoms with van der Waals surface area (Å²) in [5, 5.41) is 1.29. The highest BCUT2D eigenvalue weighted by Gasteiger charge is 2.16. The van der Waals surface area contributed by atoms with Crippen molar-refractivity contribution in [2.45, 2.75) is 45.8 Å². The van der Waals surface area contributed by atoms with Crippen molar-refractivity contribution in [3.63, 3.8) is 0 Å². The van der Waals surface area contributed by atoms with E-state index in [1.165, 1.54) is 77.6 Å². The van der Waals surface area contributed by atoms with Crippen molar-refractivity contribution >= 4 is 10.9 Å². The number of fused-ring (bicyclic) bond motifs is 1. The van der Waals surface area contributed by atoms with Crippen molar-refractivity contribution in [1.29, 1.82) is 0 Å². The molecule has 1 fully saturated rings. The summed E-state index contributed by atoms with van der Waals surface area (Å²) >= 11 is 0. The summed E-state index contributed by atoms with van der Waals surface area (Å²) < 4.78 is 14.6. The second-order valence-corrected chi connectivity index (χ2v) is 11.1. The van der Waals surface area contributed by atoms with E-state index >= 15 is 0 Å². The lowest BCUT2D eigenvalue weighted by molar-refractivity contribution is 0.214. The molecule has 0 unspecified atom stereocenters. The van der Waals surface area contributed by atoms with Gasteiger partial charge in [0.2, 0.25) is 0 Å². The van der Waals surface area contributed by atoms with Crippen LogP contribution in [0.2, 0.25) is 0 Å². The molecule has 0 radical (unpaired) electrons. The number of aromatic nitrogens is 1. The molecule has 0 saturated carbocycles. The minimum absolute atomic E-state index is 0.567. The largest absolute Gasteiger partial charge is 0.492 e. The zero-order chi connectivity index (χ0) is 27.9. The molecule has 210 valence electrons. The summed E-state index contributed by atoms with van der Waals surface area (Å²) in [6.45, 7) is 7.76. The summed E-state index contributed by atoms with van der Waals surface area (Å²) in [5.41, 5.74) is 7.42. The van der Waals surface area contributed by atoms with Crippen LogP contribution < -0.4 is 9.47 Å². The minimum atomic E-state index is 0.567. The van der Waals surface area contributed by atoms with Gasteiger partial charge in [0.15, 0.2) is 0 Å². The fourth-order valence-electron chi connectivity index (χ4n) is 5.99. The first-order valence-electron chi connectivity index (χ1n) is 15.0. The van der Waals surface area contributed by atoms with Crippen molar-refractivity contribution in [3.8, 4) is 22.8 Å². The third kappa shape index (κ3) is 6.66. The van der Waals surface area contributed by atoms with Crippen LogP contribution in [-0.4, -0.2) is 35.7 Å². The zero-order valence-electron chi connectivity index (χ0n) is 24.1. The quantitative estimate of drug-likeness (QED) is 0.176. The monoisotopic (exact) mass is 544 g/mol. The Morgan fingerprint density at radius 3 is 2.05 bits per heavy atom. The summed E-state index contributed by atoms with van der Waals surface area (Å²) in [6.07, 6.45) is 5.36. The van der Waals surface area contributed by atoms with Gasteiger partial charge in [-0.2, -0.15) is 0 Å². The molecule has 0 amide bonds. The molecule has 0 N–H and O–H groups in total. The van der Waals surface area contributed by atoms with Gasteiger partial charge in [-0.1, -0.05) is 73.5 Å². The number of ether oxygens (including phenoxy) is 2. The van der Waals surface area contributed by atoms with E-state index in [-0.39, 0.29) is 0 Å². The number of para-hydroxylation sites is 1. The molecule has 1 aliphatic heterocycles. The van der Waals surface area contributed by atoms with Crippen LogP contribution in [0.4, 0.5) is 0 Å². The highest BCUT2D eigenvalue weighted by molar-refractivity contribution is 5.91. The van der Waals surface area contributed by atoms with Crippen LogP contribution in [0.15, 0.2) is 103 Å². The Bertz CT molecular complexity index is 1530. The SMILES string of the molecule is Cc1c(-c2ccc(OCc3ccccc3)cc2)n(Cc2ccc(OCCN3CCCCCC3)cc2)c2ccccc12. The second kappa shape index (κ2) is 13.1. The van der Waals surface area contributed by atoms with Crippen molar-refractivity contribution in [3.05, 3.63) is 120 Å². The number of aryl methyl sites for hydroxylation is 1. The van der Waals surface area contributed by atoms with Crippen LogP contribution >= 0.6 is 0 Å². The highest BCUT2D eigenvalue weighted by atomic mass is 16.5.